The minimum absolute atomic E-state index is 0.296. The molecule has 5 heteroatoms. The van der Waals surface area contributed by atoms with Crippen LogP contribution in [0.15, 0.2) is 18.2 Å². The monoisotopic (exact) mass is 251 g/mol. The molecular weight excluding hydrogens is 234 g/mol. The second-order valence-corrected chi connectivity index (χ2v) is 3.83. The number of carbonyl (C=O) groups excluding carboxylic acids is 2. The molecule has 0 spiro atoms. The fraction of sp³-hybridized carbons (Fsp3) is 0.385. The minimum atomic E-state index is -0.801. The second-order valence-electron chi connectivity index (χ2n) is 3.83. The number of carbonyl (C=O) groups is 2. The molecule has 0 aromatic heterocycles. The molecule has 98 valence electrons. The zero-order valence-corrected chi connectivity index (χ0v) is 10.5. The third-order valence-electron chi connectivity index (χ3n) is 2.29. The summed E-state index contributed by atoms with van der Waals surface area (Å²) in [6.07, 6.45) is 0.737. The third kappa shape index (κ3) is 3.76. The Morgan fingerprint density at radius 2 is 2.22 bits per heavy atom. The number of primary amides is 1. The molecule has 1 amide bonds. The van der Waals surface area contributed by atoms with Crippen molar-refractivity contribution in [2.45, 2.75) is 26.4 Å². The Kier molecular flexibility index (Phi) is 5.17. The first-order valence-corrected chi connectivity index (χ1v) is 5.76. The second kappa shape index (κ2) is 6.64. The first kappa shape index (κ1) is 14.0. The van der Waals surface area contributed by atoms with Crippen LogP contribution in [-0.2, 0) is 4.79 Å². The van der Waals surface area contributed by atoms with Crippen LogP contribution in [0.25, 0.3) is 0 Å². The molecular formula is C13H17NO4. The lowest BCUT2D eigenvalue weighted by Gasteiger charge is -2.14. The summed E-state index contributed by atoms with van der Waals surface area (Å²) < 4.78 is 10.8. The molecule has 0 saturated carbocycles. The van der Waals surface area contributed by atoms with Gasteiger partial charge >= 0.3 is 0 Å². The van der Waals surface area contributed by atoms with Gasteiger partial charge in [-0.15, -0.1) is 0 Å². The van der Waals surface area contributed by atoms with Crippen LogP contribution in [0, 0.1) is 0 Å². The molecule has 0 bridgehead atoms. The van der Waals surface area contributed by atoms with Gasteiger partial charge in [0.2, 0.25) is 0 Å². The molecule has 0 aliphatic rings. The Bertz CT molecular complexity index is 431. The SMILES string of the molecule is CCCOc1ccc(C=O)c(O[C@H](C)C(N)=O)c1. The molecule has 5 nitrogen and oxygen atoms in total. The average Bonchev–Trinajstić information content (AvgIpc) is 2.36. The molecule has 18 heavy (non-hydrogen) atoms. The van der Waals surface area contributed by atoms with E-state index in [0.29, 0.717) is 30.0 Å². The molecule has 0 aliphatic heterocycles. The van der Waals surface area contributed by atoms with Gasteiger partial charge < -0.3 is 15.2 Å². The fourth-order valence-corrected chi connectivity index (χ4v) is 1.27. The highest BCUT2D eigenvalue weighted by molar-refractivity contribution is 5.81. The van der Waals surface area contributed by atoms with Crippen molar-refractivity contribution < 1.29 is 19.1 Å². The number of nitrogens with two attached hydrogens (primary N) is 1. The van der Waals surface area contributed by atoms with E-state index in [1.165, 1.54) is 6.92 Å². The molecule has 0 radical (unpaired) electrons. The van der Waals surface area contributed by atoms with E-state index in [-0.39, 0.29) is 0 Å². The summed E-state index contributed by atoms with van der Waals surface area (Å²) in [5.74, 6) is 0.297. The van der Waals surface area contributed by atoms with Gasteiger partial charge in [-0.3, -0.25) is 9.59 Å². The van der Waals surface area contributed by atoms with Gasteiger partial charge in [-0.05, 0) is 25.5 Å². The maximum Gasteiger partial charge on any atom is 0.258 e. The van der Waals surface area contributed by atoms with Crippen molar-refractivity contribution in [3.8, 4) is 11.5 Å². The van der Waals surface area contributed by atoms with Crippen molar-refractivity contribution in [1.29, 1.82) is 0 Å². The van der Waals surface area contributed by atoms with Crippen LogP contribution < -0.4 is 15.2 Å². The predicted molar refractivity (Wildman–Crippen MR) is 66.9 cm³/mol. The number of ether oxygens (including phenoxy) is 2. The van der Waals surface area contributed by atoms with E-state index in [1.54, 1.807) is 18.2 Å². The van der Waals surface area contributed by atoms with Gasteiger partial charge in [-0.25, -0.2) is 0 Å². The van der Waals surface area contributed by atoms with Gasteiger partial charge in [0.1, 0.15) is 11.5 Å². The molecule has 0 heterocycles. The van der Waals surface area contributed by atoms with Crippen LogP contribution in [-0.4, -0.2) is 24.9 Å². The van der Waals surface area contributed by atoms with E-state index in [9.17, 15) is 9.59 Å². The van der Waals surface area contributed by atoms with E-state index in [4.69, 9.17) is 15.2 Å². The molecule has 1 aromatic rings. The van der Waals surface area contributed by atoms with Crippen molar-refractivity contribution >= 4 is 12.2 Å². The Morgan fingerprint density at radius 1 is 1.50 bits per heavy atom. The molecule has 0 fully saturated rings. The topological polar surface area (TPSA) is 78.6 Å². The summed E-state index contributed by atoms with van der Waals surface area (Å²) in [4.78, 5) is 21.8. The van der Waals surface area contributed by atoms with Gasteiger partial charge in [-0.1, -0.05) is 6.92 Å². The molecule has 2 N–H and O–H groups in total. The summed E-state index contributed by atoms with van der Waals surface area (Å²) in [5, 5.41) is 0. The molecule has 1 aromatic carbocycles. The maximum atomic E-state index is 10.9. The van der Waals surface area contributed by atoms with Crippen LogP contribution >= 0.6 is 0 Å². The lowest BCUT2D eigenvalue weighted by Crippen LogP contribution is -2.30. The first-order chi connectivity index (χ1) is 8.58. The van der Waals surface area contributed by atoms with Crippen LogP contribution in [0.5, 0.6) is 11.5 Å². The zero-order chi connectivity index (χ0) is 13.5. The van der Waals surface area contributed by atoms with Crippen molar-refractivity contribution in [3.63, 3.8) is 0 Å². The maximum absolute atomic E-state index is 10.9. The van der Waals surface area contributed by atoms with Crippen molar-refractivity contribution in [2.24, 2.45) is 5.73 Å². The van der Waals surface area contributed by atoms with Gasteiger partial charge in [0, 0.05) is 6.07 Å². The number of rotatable bonds is 7. The van der Waals surface area contributed by atoms with Crippen molar-refractivity contribution in [1.82, 2.24) is 0 Å². The lowest BCUT2D eigenvalue weighted by molar-refractivity contribution is -0.124. The van der Waals surface area contributed by atoms with Crippen molar-refractivity contribution in [2.75, 3.05) is 6.61 Å². The number of hydrogen-bond acceptors (Lipinski definition) is 4. The van der Waals surface area contributed by atoms with E-state index >= 15 is 0 Å². The summed E-state index contributed by atoms with van der Waals surface area (Å²) >= 11 is 0. The van der Waals surface area contributed by atoms with Gasteiger partial charge in [0.15, 0.2) is 12.4 Å². The van der Waals surface area contributed by atoms with Crippen molar-refractivity contribution in [3.05, 3.63) is 23.8 Å². The molecule has 1 rings (SSSR count). The third-order valence-corrected chi connectivity index (χ3v) is 2.29. The smallest absolute Gasteiger partial charge is 0.258 e. The van der Waals surface area contributed by atoms with Crippen LogP contribution in [0.1, 0.15) is 30.6 Å². The Labute approximate surface area is 106 Å². The Hall–Kier alpha value is -2.04. The first-order valence-electron chi connectivity index (χ1n) is 5.76. The van der Waals surface area contributed by atoms with Gasteiger partial charge in [-0.2, -0.15) is 0 Å². The van der Waals surface area contributed by atoms with E-state index in [1.807, 2.05) is 6.92 Å². The van der Waals surface area contributed by atoms with Gasteiger partial charge in [0.25, 0.3) is 5.91 Å². The number of benzene rings is 1. The number of aldehydes is 1. The van der Waals surface area contributed by atoms with E-state index < -0.39 is 12.0 Å². The highest BCUT2D eigenvalue weighted by Gasteiger charge is 2.13. The van der Waals surface area contributed by atoms with E-state index in [2.05, 4.69) is 0 Å². The highest BCUT2D eigenvalue weighted by Crippen LogP contribution is 2.24. The summed E-state index contributed by atoms with van der Waals surface area (Å²) in [6, 6.07) is 4.85. The minimum Gasteiger partial charge on any atom is -0.493 e. The largest absolute Gasteiger partial charge is 0.493 e. The standard InChI is InChI=1S/C13H17NO4/c1-3-6-17-11-5-4-10(8-15)12(7-11)18-9(2)13(14)16/h4-5,7-9H,3,6H2,1-2H3,(H2,14,16)/t9-/m1/s1. The summed E-state index contributed by atoms with van der Waals surface area (Å²) in [7, 11) is 0. The number of hydrogen-bond donors (Lipinski definition) is 1. The van der Waals surface area contributed by atoms with Crippen LogP contribution in [0.4, 0.5) is 0 Å². The molecule has 0 aliphatic carbocycles. The van der Waals surface area contributed by atoms with E-state index in [0.717, 1.165) is 6.42 Å². The Morgan fingerprint density at radius 3 is 2.78 bits per heavy atom. The molecule has 0 unspecified atom stereocenters. The predicted octanol–water partition coefficient (Wildman–Crippen LogP) is 1.54. The average molecular weight is 251 g/mol. The van der Waals surface area contributed by atoms with Crippen LogP contribution in [0.3, 0.4) is 0 Å². The molecule has 1 atom stereocenters. The van der Waals surface area contributed by atoms with Crippen LogP contribution in [0.2, 0.25) is 0 Å². The zero-order valence-electron chi connectivity index (χ0n) is 10.5. The summed E-state index contributed by atoms with van der Waals surface area (Å²) in [6.45, 7) is 4.09. The Balaban J connectivity index is 2.91. The quantitative estimate of drug-likeness (QED) is 0.745. The van der Waals surface area contributed by atoms with Gasteiger partial charge in [0.05, 0.1) is 12.2 Å². The normalized spacial score (nSPS) is 11.7. The highest BCUT2D eigenvalue weighted by atomic mass is 16.5. The fourth-order valence-electron chi connectivity index (χ4n) is 1.27. The summed E-state index contributed by atoms with van der Waals surface area (Å²) in [5.41, 5.74) is 5.46. The lowest BCUT2D eigenvalue weighted by atomic mass is 10.2. The molecule has 0 saturated heterocycles. The number of amides is 1.